The number of carbonyl (C=O) groups is 2. The average Bonchev–Trinajstić information content (AvgIpc) is 2.64. The molecule has 130 valence electrons. The fourth-order valence-corrected chi connectivity index (χ4v) is 3.44. The smallest absolute Gasteiger partial charge is 0.253 e. The van der Waals surface area contributed by atoms with Crippen LogP contribution in [0.5, 0.6) is 0 Å². The molecule has 0 bridgehead atoms. The molecule has 0 unspecified atom stereocenters. The molecule has 0 aliphatic carbocycles. The van der Waals surface area contributed by atoms with Gasteiger partial charge in [0.1, 0.15) is 0 Å². The first-order valence-electron chi connectivity index (χ1n) is 8.95. The maximum Gasteiger partial charge on any atom is 0.253 e. The molecule has 0 aromatic heterocycles. The first kappa shape index (κ1) is 17.0. The second-order valence-corrected chi connectivity index (χ2v) is 7.09. The Morgan fingerprint density at radius 2 is 1.67 bits per heavy atom. The van der Waals surface area contributed by atoms with E-state index in [0.717, 1.165) is 24.4 Å². The third kappa shape index (κ3) is 4.15. The molecule has 2 fully saturated rings. The zero-order valence-electron chi connectivity index (χ0n) is 14.5. The van der Waals surface area contributed by atoms with Crippen LogP contribution in [0.3, 0.4) is 0 Å². The van der Waals surface area contributed by atoms with Gasteiger partial charge >= 0.3 is 0 Å². The highest BCUT2D eigenvalue weighted by Gasteiger charge is 2.21. The van der Waals surface area contributed by atoms with E-state index in [1.54, 1.807) is 4.90 Å². The molecule has 0 atom stereocenters. The van der Waals surface area contributed by atoms with E-state index in [-0.39, 0.29) is 5.91 Å². The summed E-state index contributed by atoms with van der Waals surface area (Å²) in [6.45, 7) is 8.12. The van der Waals surface area contributed by atoms with Crippen molar-refractivity contribution >= 4 is 12.3 Å². The van der Waals surface area contributed by atoms with Gasteiger partial charge in [0, 0.05) is 38.3 Å². The standard InChI is InChI=1S/C19H27N3O2/c1-16-6-8-20(9-7-16)14-17-2-4-18(5-3-17)19(24)22-12-10-21(15-23)11-13-22/h2-5,15-16H,6-14H2,1H3. The van der Waals surface area contributed by atoms with E-state index in [9.17, 15) is 9.59 Å². The summed E-state index contributed by atoms with van der Waals surface area (Å²) in [6.07, 6.45) is 3.42. The molecular formula is C19H27N3O2. The Balaban J connectivity index is 1.54. The molecule has 3 rings (SSSR count). The van der Waals surface area contributed by atoms with Crippen molar-refractivity contribution in [1.29, 1.82) is 0 Å². The van der Waals surface area contributed by atoms with Crippen LogP contribution in [-0.2, 0) is 11.3 Å². The first-order valence-corrected chi connectivity index (χ1v) is 8.95. The fourth-order valence-electron chi connectivity index (χ4n) is 3.44. The molecule has 2 aliphatic heterocycles. The van der Waals surface area contributed by atoms with Crippen LogP contribution < -0.4 is 0 Å². The Bertz CT molecular complexity index is 556. The Morgan fingerprint density at radius 1 is 1.04 bits per heavy atom. The lowest BCUT2D eigenvalue weighted by Gasteiger charge is -2.32. The number of benzene rings is 1. The third-order valence-corrected chi connectivity index (χ3v) is 5.23. The van der Waals surface area contributed by atoms with Gasteiger partial charge < -0.3 is 9.80 Å². The van der Waals surface area contributed by atoms with E-state index in [1.807, 2.05) is 17.0 Å². The highest BCUT2D eigenvalue weighted by molar-refractivity contribution is 5.94. The summed E-state index contributed by atoms with van der Waals surface area (Å²) >= 11 is 0. The van der Waals surface area contributed by atoms with Gasteiger partial charge in [0.25, 0.3) is 5.91 Å². The topological polar surface area (TPSA) is 43.9 Å². The lowest BCUT2D eigenvalue weighted by molar-refractivity contribution is -0.119. The van der Waals surface area contributed by atoms with Crippen molar-refractivity contribution in [2.45, 2.75) is 26.3 Å². The molecule has 5 nitrogen and oxygen atoms in total. The average molecular weight is 329 g/mol. The monoisotopic (exact) mass is 329 g/mol. The molecule has 24 heavy (non-hydrogen) atoms. The number of hydrogen-bond acceptors (Lipinski definition) is 3. The third-order valence-electron chi connectivity index (χ3n) is 5.23. The van der Waals surface area contributed by atoms with Crippen LogP contribution in [0.1, 0.15) is 35.7 Å². The number of likely N-dealkylation sites (tertiary alicyclic amines) is 1. The Morgan fingerprint density at radius 3 is 2.25 bits per heavy atom. The quantitative estimate of drug-likeness (QED) is 0.792. The van der Waals surface area contributed by atoms with Gasteiger partial charge in [-0.05, 0) is 49.5 Å². The maximum atomic E-state index is 12.5. The fraction of sp³-hybridized carbons (Fsp3) is 0.579. The van der Waals surface area contributed by atoms with Gasteiger partial charge in [-0.3, -0.25) is 14.5 Å². The lowest BCUT2D eigenvalue weighted by Crippen LogP contribution is -2.48. The van der Waals surface area contributed by atoms with E-state index < -0.39 is 0 Å². The van der Waals surface area contributed by atoms with Crippen molar-refractivity contribution < 1.29 is 9.59 Å². The minimum atomic E-state index is 0.0684. The zero-order valence-corrected chi connectivity index (χ0v) is 14.5. The second kappa shape index (κ2) is 7.79. The van der Waals surface area contributed by atoms with Gasteiger partial charge in [-0.25, -0.2) is 0 Å². The SMILES string of the molecule is CC1CCN(Cc2ccc(C(=O)N3CCN(C=O)CC3)cc2)CC1. The number of amides is 2. The van der Waals surface area contributed by atoms with E-state index in [1.165, 1.54) is 31.5 Å². The highest BCUT2D eigenvalue weighted by Crippen LogP contribution is 2.18. The number of piperidine rings is 1. The van der Waals surface area contributed by atoms with Crippen LogP contribution in [0.25, 0.3) is 0 Å². The highest BCUT2D eigenvalue weighted by atomic mass is 16.2. The Kier molecular flexibility index (Phi) is 5.51. The molecule has 1 aromatic carbocycles. The van der Waals surface area contributed by atoms with Crippen LogP contribution in [0.4, 0.5) is 0 Å². The largest absolute Gasteiger partial charge is 0.342 e. The van der Waals surface area contributed by atoms with Crippen molar-refractivity contribution in [2.75, 3.05) is 39.3 Å². The van der Waals surface area contributed by atoms with E-state index in [2.05, 4.69) is 24.0 Å². The molecule has 0 radical (unpaired) electrons. The van der Waals surface area contributed by atoms with Crippen molar-refractivity contribution in [3.63, 3.8) is 0 Å². The maximum absolute atomic E-state index is 12.5. The molecule has 0 spiro atoms. The van der Waals surface area contributed by atoms with Gasteiger partial charge in [-0.2, -0.15) is 0 Å². The summed E-state index contributed by atoms with van der Waals surface area (Å²) in [5, 5.41) is 0. The Hall–Kier alpha value is -1.88. The van der Waals surface area contributed by atoms with Gasteiger partial charge in [0.05, 0.1) is 0 Å². The van der Waals surface area contributed by atoms with Gasteiger partial charge in [0.15, 0.2) is 0 Å². The molecule has 0 saturated carbocycles. The first-order chi connectivity index (χ1) is 11.7. The predicted octanol–water partition coefficient (Wildman–Crippen LogP) is 1.83. The van der Waals surface area contributed by atoms with E-state index in [0.29, 0.717) is 26.2 Å². The van der Waals surface area contributed by atoms with Crippen LogP contribution >= 0.6 is 0 Å². The van der Waals surface area contributed by atoms with Gasteiger partial charge in [0.2, 0.25) is 6.41 Å². The molecule has 2 saturated heterocycles. The molecule has 2 amide bonds. The summed E-state index contributed by atoms with van der Waals surface area (Å²) in [5.41, 5.74) is 2.01. The van der Waals surface area contributed by atoms with Crippen molar-refractivity contribution in [2.24, 2.45) is 5.92 Å². The van der Waals surface area contributed by atoms with Crippen molar-refractivity contribution in [1.82, 2.24) is 14.7 Å². The number of nitrogens with zero attached hydrogens (tertiary/aromatic N) is 3. The van der Waals surface area contributed by atoms with Crippen LogP contribution in [0.15, 0.2) is 24.3 Å². The summed E-state index contributed by atoms with van der Waals surface area (Å²) in [6, 6.07) is 8.03. The van der Waals surface area contributed by atoms with Crippen molar-refractivity contribution in [3.05, 3.63) is 35.4 Å². The number of carbonyl (C=O) groups excluding carboxylic acids is 2. The summed E-state index contributed by atoms with van der Waals surface area (Å²) in [7, 11) is 0. The zero-order chi connectivity index (χ0) is 16.9. The van der Waals surface area contributed by atoms with Crippen LogP contribution in [0, 0.1) is 5.92 Å². The normalized spacial score (nSPS) is 20.2. The minimum absolute atomic E-state index is 0.0684. The summed E-state index contributed by atoms with van der Waals surface area (Å²) in [5.74, 6) is 0.917. The summed E-state index contributed by atoms with van der Waals surface area (Å²) in [4.78, 5) is 29.3. The Labute approximate surface area is 144 Å². The number of piperazine rings is 1. The molecule has 2 aliphatic rings. The van der Waals surface area contributed by atoms with Crippen LogP contribution in [-0.4, -0.2) is 66.3 Å². The molecule has 0 N–H and O–H groups in total. The van der Waals surface area contributed by atoms with Gasteiger partial charge in [-0.15, -0.1) is 0 Å². The minimum Gasteiger partial charge on any atom is -0.342 e. The van der Waals surface area contributed by atoms with Crippen LogP contribution in [0.2, 0.25) is 0 Å². The molecule has 5 heteroatoms. The second-order valence-electron chi connectivity index (χ2n) is 7.09. The number of hydrogen-bond donors (Lipinski definition) is 0. The summed E-state index contributed by atoms with van der Waals surface area (Å²) < 4.78 is 0. The molecule has 1 aromatic rings. The molecular weight excluding hydrogens is 302 g/mol. The lowest BCUT2D eigenvalue weighted by atomic mass is 9.99. The van der Waals surface area contributed by atoms with E-state index in [4.69, 9.17) is 0 Å². The van der Waals surface area contributed by atoms with E-state index >= 15 is 0 Å². The van der Waals surface area contributed by atoms with Crippen molar-refractivity contribution in [3.8, 4) is 0 Å². The molecule has 2 heterocycles. The number of rotatable bonds is 4. The van der Waals surface area contributed by atoms with Gasteiger partial charge in [-0.1, -0.05) is 19.1 Å². The predicted molar refractivity (Wildman–Crippen MR) is 93.7 cm³/mol.